The average molecular weight is 185 g/mol. The zero-order valence-corrected chi connectivity index (χ0v) is 8.97. The van der Waals surface area contributed by atoms with Crippen molar-refractivity contribution in [3.05, 3.63) is 0 Å². The molecule has 2 nitrogen and oxygen atoms in total. The maximum absolute atomic E-state index is 10.2. The van der Waals surface area contributed by atoms with Gasteiger partial charge in [-0.1, -0.05) is 26.7 Å². The van der Waals surface area contributed by atoms with Gasteiger partial charge in [0.05, 0.1) is 5.60 Å². The lowest BCUT2D eigenvalue weighted by Crippen LogP contribution is -2.40. The highest BCUT2D eigenvalue weighted by atomic mass is 16.3. The molecule has 1 saturated carbocycles. The molecule has 2 N–H and O–H groups in total. The molecule has 1 aliphatic carbocycles. The zero-order chi connectivity index (χ0) is 9.73. The highest BCUT2D eigenvalue weighted by Crippen LogP contribution is 2.29. The molecule has 0 aromatic rings. The number of hydrogen-bond acceptors (Lipinski definition) is 2. The maximum Gasteiger partial charge on any atom is 0.0771 e. The van der Waals surface area contributed by atoms with E-state index >= 15 is 0 Å². The second-order valence-electron chi connectivity index (χ2n) is 4.54. The third-order valence-electron chi connectivity index (χ3n) is 3.15. The molecule has 78 valence electrons. The molecule has 0 aliphatic heterocycles. The van der Waals surface area contributed by atoms with E-state index in [1.165, 1.54) is 19.3 Å². The summed E-state index contributed by atoms with van der Waals surface area (Å²) in [5, 5.41) is 13.5. The zero-order valence-electron chi connectivity index (χ0n) is 8.97. The Balaban J connectivity index is 2.37. The molecular weight excluding hydrogens is 162 g/mol. The molecule has 2 atom stereocenters. The Morgan fingerprint density at radius 3 is 2.85 bits per heavy atom. The van der Waals surface area contributed by atoms with E-state index in [0.29, 0.717) is 0 Å². The summed E-state index contributed by atoms with van der Waals surface area (Å²) in [6.45, 7) is 6.11. The van der Waals surface area contributed by atoms with Crippen molar-refractivity contribution in [3.8, 4) is 0 Å². The Morgan fingerprint density at radius 2 is 2.15 bits per heavy atom. The summed E-state index contributed by atoms with van der Waals surface area (Å²) < 4.78 is 0. The number of rotatable bonds is 3. The highest BCUT2D eigenvalue weighted by Gasteiger charge is 2.28. The average Bonchev–Trinajstić information content (AvgIpc) is 2.27. The van der Waals surface area contributed by atoms with E-state index < -0.39 is 5.60 Å². The van der Waals surface area contributed by atoms with E-state index in [1.807, 2.05) is 0 Å². The van der Waals surface area contributed by atoms with Crippen LogP contribution in [0.25, 0.3) is 0 Å². The fourth-order valence-corrected chi connectivity index (χ4v) is 2.10. The van der Waals surface area contributed by atoms with Crippen molar-refractivity contribution in [3.63, 3.8) is 0 Å². The van der Waals surface area contributed by atoms with Crippen LogP contribution >= 0.6 is 0 Å². The van der Waals surface area contributed by atoms with Gasteiger partial charge in [0.1, 0.15) is 0 Å². The van der Waals surface area contributed by atoms with Gasteiger partial charge in [0.2, 0.25) is 0 Å². The Kier molecular flexibility index (Phi) is 4.20. The predicted molar refractivity (Wildman–Crippen MR) is 55.7 cm³/mol. The Bertz CT molecular complexity index is 145. The molecule has 0 aromatic heterocycles. The summed E-state index contributed by atoms with van der Waals surface area (Å²) in [5.41, 5.74) is -0.416. The first-order valence-corrected chi connectivity index (χ1v) is 5.59. The van der Waals surface area contributed by atoms with E-state index in [-0.39, 0.29) is 0 Å². The lowest BCUT2D eigenvalue weighted by atomic mass is 9.94. The first-order chi connectivity index (χ1) is 6.16. The number of hydrogen-bond donors (Lipinski definition) is 2. The molecule has 0 aromatic carbocycles. The minimum absolute atomic E-state index is 0.416. The molecule has 0 saturated heterocycles. The Hall–Kier alpha value is -0.0800. The molecular formula is C11H23NO. The van der Waals surface area contributed by atoms with E-state index in [1.54, 1.807) is 0 Å². The minimum Gasteiger partial charge on any atom is -0.389 e. The SMILES string of the molecule is CCNCC1(O)CCCC(C)CC1. The first kappa shape index (κ1) is 11.0. The van der Waals surface area contributed by atoms with Gasteiger partial charge in [0.25, 0.3) is 0 Å². The summed E-state index contributed by atoms with van der Waals surface area (Å²) in [6, 6.07) is 0. The molecule has 0 radical (unpaired) electrons. The van der Waals surface area contributed by atoms with Crippen LogP contribution in [-0.4, -0.2) is 23.8 Å². The Labute approximate surface area is 81.7 Å². The van der Waals surface area contributed by atoms with Gasteiger partial charge in [-0.25, -0.2) is 0 Å². The van der Waals surface area contributed by atoms with Crippen molar-refractivity contribution < 1.29 is 5.11 Å². The molecule has 1 aliphatic rings. The van der Waals surface area contributed by atoms with Gasteiger partial charge in [0.15, 0.2) is 0 Å². The van der Waals surface area contributed by atoms with Crippen LogP contribution in [-0.2, 0) is 0 Å². The fourth-order valence-electron chi connectivity index (χ4n) is 2.10. The molecule has 2 heteroatoms. The summed E-state index contributed by atoms with van der Waals surface area (Å²) in [6.07, 6.45) is 5.60. The van der Waals surface area contributed by atoms with Crippen LogP contribution in [0.5, 0.6) is 0 Å². The van der Waals surface area contributed by atoms with Gasteiger partial charge in [-0.2, -0.15) is 0 Å². The highest BCUT2D eigenvalue weighted by molar-refractivity contribution is 4.84. The predicted octanol–water partition coefficient (Wildman–Crippen LogP) is 1.93. The quantitative estimate of drug-likeness (QED) is 0.658. The van der Waals surface area contributed by atoms with Crippen LogP contribution in [0, 0.1) is 5.92 Å². The van der Waals surface area contributed by atoms with Crippen LogP contribution in [0.2, 0.25) is 0 Å². The largest absolute Gasteiger partial charge is 0.389 e. The second kappa shape index (κ2) is 4.97. The van der Waals surface area contributed by atoms with Crippen LogP contribution in [0.4, 0.5) is 0 Å². The van der Waals surface area contributed by atoms with E-state index in [4.69, 9.17) is 0 Å². The summed E-state index contributed by atoms with van der Waals surface area (Å²) >= 11 is 0. The van der Waals surface area contributed by atoms with Crippen molar-refractivity contribution in [2.45, 2.75) is 51.6 Å². The van der Waals surface area contributed by atoms with Gasteiger partial charge in [0, 0.05) is 6.54 Å². The van der Waals surface area contributed by atoms with Gasteiger partial charge < -0.3 is 10.4 Å². The van der Waals surface area contributed by atoms with Gasteiger partial charge >= 0.3 is 0 Å². The monoisotopic (exact) mass is 185 g/mol. The second-order valence-corrected chi connectivity index (χ2v) is 4.54. The maximum atomic E-state index is 10.2. The van der Waals surface area contributed by atoms with Crippen molar-refractivity contribution in [1.29, 1.82) is 0 Å². The summed E-state index contributed by atoms with van der Waals surface area (Å²) in [5.74, 6) is 0.802. The van der Waals surface area contributed by atoms with Crippen LogP contribution < -0.4 is 5.32 Å². The number of aliphatic hydroxyl groups is 1. The lowest BCUT2D eigenvalue weighted by molar-refractivity contribution is 0.0250. The topological polar surface area (TPSA) is 32.3 Å². The van der Waals surface area contributed by atoms with Crippen molar-refractivity contribution in [1.82, 2.24) is 5.32 Å². The van der Waals surface area contributed by atoms with Gasteiger partial charge in [-0.05, 0) is 31.7 Å². The number of nitrogens with one attached hydrogen (secondary N) is 1. The molecule has 0 heterocycles. The van der Waals surface area contributed by atoms with Gasteiger partial charge in [-0.15, -0.1) is 0 Å². The standard InChI is InChI=1S/C11H23NO/c1-3-12-9-11(13)7-4-5-10(2)6-8-11/h10,12-13H,3-9H2,1-2H3. The Morgan fingerprint density at radius 1 is 1.38 bits per heavy atom. The summed E-state index contributed by atoms with van der Waals surface area (Å²) in [4.78, 5) is 0. The number of likely N-dealkylation sites (N-methyl/N-ethyl adjacent to an activating group) is 1. The normalized spacial score (nSPS) is 35.8. The van der Waals surface area contributed by atoms with Crippen LogP contribution in [0.15, 0.2) is 0 Å². The van der Waals surface area contributed by atoms with Crippen molar-refractivity contribution in [2.24, 2.45) is 5.92 Å². The third kappa shape index (κ3) is 3.65. The first-order valence-electron chi connectivity index (χ1n) is 5.59. The molecule has 0 bridgehead atoms. The molecule has 13 heavy (non-hydrogen) atoms. The van der Waals surface area contributed by atoms with E-state index in [2.05, 4.69) is 19.2 Å². The summed E-state index contributed by atoms with van der Waals surface area (Å²) in [7, 11) is 0. The molecule has 0 spiro atoms. The smallest absolute Gasteiger partial charge is 0.0771 e. The minimum atomic E-state index is -0.416. The van der Waals surface area contributed by atoms with Crippen molar-refractivity contribution in [2.75, 3.05) is 13.1 Å². The van der Waals surface area contributed by atoms with E-state index in [0.717, 1.165) is 31.8 Å². The molecule has 0 amide bonds. The third-order valence-corrected chi connectivity index (χ3v) is 3.15. The van der Waals surface area contributed by atoms with Crippen LogP contribution in [0.3, 0.4) is 0 Å². The molecule has 1 fully saturated rings. The molecule has 2 unspecified atom stereocenters. The lowest BCUT2D eigenvalue weighted by Gasteiger charge is -2.26. The molecule has 1 rings (SSSR count). The fraction of sp³-hybridized carbons (Fsp3) is 1.00. The van der Waals surface area contributed by atoms with Crippen molar-refractivity contribution >= 4 is 0 Å². The van der Waals surface area contributed by atoms with E-state index in [9.17, 15) is 5.11 Å². The van der Waals surface area contributed by atoms with Gasteiger partial charge in [-0.3, -0.25) is 0 Å². The van der Waals surface area contributed by atoms with Crippen LogP contribution in [0.1, 0.15) is 46.0 Å².